The average molecular weight is 600 g/mol. The Morgan fingerprint density at radius 3 is 2.05 bits per heavy atom. The fraction of sp³-hybridized carbons (Fsp3) is 0.310. The van der Waals surface area contributed by atoms with Crippen molar-refractivity contribution in [2.75, 3.05) is 61.9 Å². The van der Waals surface area contributed by atoms with Gasteiger partial charge in [0.25, 0.3) is 0 Å². The first-order chi connectivity index (χ1) is 19.7. The van der Waals surface area contributed by atoms with E-state index >= 15 is 0 Å². The van der Waals surface area contributed by atoms with Gasteiger partial charge in [-0.1, -0.05) is 18.5 Å². The van der Waals surface area contributed by atoms with Crippen LogP contribution in [-0.4, -0.2) is 75.9 Å². The van der Waals surface area contributed by atoms with Crippen LogP contribution in [0.5, 0.6) is 5.75 Å². The number of sulfonamides is 1. The highest BCUT2D eigenvalue weighted by atomic mass is 35.5. The van der Waals surface area contributed by atoms with E-state index in [4.69, 9.17) is 16.3 Å². The van der Waals surface area contributed by atoms with Crippen molar-refractivity contribution in [1.82, 2.24) is 9.21 Å². The summed E-state index contributed by atoms with van der Waals surface area (Å²) in [5.74, 6) is 0.294. The molecule has 0 aliphatic carbocycles. The van der Waals surface area contributed by atoms with E-state index in [-0.39, 0.29) is 24.0 Å². The number of urea groups is 1. The Kier molecular flexibility index (Phi) is 10.1. The highest BCUT2D eigenvalue weighted by molar-refractivity contribution is 7.89. The van der Waals surface area contributed by atoms with Gasteiger partial charge in [-0.15, -0.1) is 0 Å². The monoisotopic (exact) mass is 599 g/mol. The molecule has 1 heterocycles. The van der Waals surface area contributed by atoms with Gasteiger partial charge in [-0.3, -0.25) is 4.79 Å². The molecule has 2 N–H and O–H groups in total. The van der Waals surface area contributed by atoms with Crippen molar-refractivity contribution < 1.29 is 22.7 Å². The molecule has 1 saturated heterocycles. The van der Waals surface area contributed by atoms with Crippen molar-refractivity contribution in [1.29, 1.82) is 0 Å². The van der Waals surface area contributed by atoms with Gasteiger partial charge in [0.1, 0.15) is 5.75 Å². The molecule has 218 valence electrons. The van der Waals surface area contributed by atoms with Gasteiger partial charge in [-0.05, 0) is 79.2 Å². The van der Waals surface area contributed by atoms with Crippen LogP contribution in [0.2, 0.25) is 5.02 Å². The van der Waals surface area contributed by atoms with Crippen LogP contribution >= 0.6 is 11.6 Å². The zero-order chi connectivity index (χ0) is 29.4. The van der Waals surface area contributed by atoms with Gasteiger partial charge >= 0.3 is 6.03 Å². The molecule has 4 rings (SSSR count). The van der Waals surface area contributed by atoms with Gasteiger partial charge in [0.05, 0.1) is 18.6 Å². The Morgan fingerprint density at radius 1 is 0.878 bits per heavy atom. The summed E-state index contributed by atoms with van der Waals surface area (Å²) in [5, 5.41) is 6.14. The van der Waals surface area contributed by atoms with Crippen LogP contribution < -0.4 is 20.3 Å². The molecule has 0 atom stereocenters. The van der Waals surface area contributed by atoms with E-state index in [1.807, 2.05) is 19.1 Å². The number of piperazine rings is 1. The van der Waals surface area contributed by atoms with Crippen molar-refractivity contribution in [2.45, 2.75) is 18.2 Å². The normalized spacial score (nSPS) is 13.7. The Hall–Kier alpha value is -3.80. The topological polar surface area (TPSA) is 111 Å². The van der Waals surface area contributed by atoms with Crippen LogP contribution in [0.15, 0.2) is 77.7 Å². The number of nitrogens with one attached hydrogen (secondary N) is 2. The van der Waals surface area contributed by atoms with Crippen LogP contribution in [0, 0.1) is 0 Å². The molecule has 3 amide bonds. The van der Waals surface area contributed by atoms with Crippen LogP contribution in [-0.2, 0) is 14.8 Å². The Balaban J connectivity index is 1.29. The third kappa shape index (κ3) is 7.90. The highest BCUT2D eigenvalue weighted by Gasteiger charge is 2.26. The van der Waals surface area contributed by atoms with Crippen molar-refractivity contribution >= 4 is 50.6 Å². The number of benzene rings is 3. The molecule has 12 heteroatoms. The second-order valence-electron chi connectivity index (χ2n) is 9.52. The summed E-state index contributed by atoms with van der Waals surface area (Å²) in [5.41, 5.74) is 2.24. The lowest BCUT2D eigenvalue weighted by atomic mass is 10.2. The Bertz CT molecular complexity index is 1430. The number of anilines is 3. The van der Waals surface area contributed by atoms with Gasteiger partial charge in [-0.2, -0.15) is 4.31 Å². The Morgan fingerprint density at radius 2 is 1.46 bits per heavy atom. The molecule has 0 spiro atoms. The third-order valence-corrected chi connectivity index (χ3v) is 8.78. The number of nitrogens with zero attached hydrogens (tertiary/aromatic N) is 3. The van der Waals surface area contributed by atoms with Gasteiger partial charge in [0.2, 0.25) is 15.9 Å². The number of carbonyl (C=O) groups is 2. The van der Waals surface area contributed by atoms with Gasteiger partial charge in [-0.25, -0.2) is 13.2 Å². The van der Waals surface area contributed by atoms with E-state index in [0.717, 1.165) is 11.4 Å². The lowest BCUT2D eigenvalue weighted by Gasteiger charge is -2.36. The van der Waals surface area contributed by atoms with Gasteiger partial charge < -0.3 is 25.2 Å². The minimum Gasteiger partial charge on any atom is -0.497 e. The number of rotatable bonds is 10. The molecular formula is C29H34ClN5O5S. The lowest BCUT2D eigenvalue weighted by molar-refractivity contribution is -0.116. The smallest absolute Gasteiger partial charge is 0.321 e. The van der Waals surface area contributed by atoms with E-state index < -0.39 is 15.9 Å². The number of ether oxygens (including phenoxy) is 1. The maximum Gasteiger partial charge on any atom is 0.321 e. The molecule has 1 aliphatic rings. The van der Waals surface area contributed by atoms with Crippen LogP contribution in [0.4, 0.5) is 21.9 Å². The number of methoxy groups -OCH3 is 1. The Labute approximate surface area is 245 Å². The fourth-order valence-corrected chi connectivity index (χ4v) is 6.06. The summed E-state index contributed by atoms with van der Waals surface area (Å²) in [6.45, 7) is 4.22. The summed E-state index contributed by atoms with van der Waals surface area (Å²) in [4.78, 5) is 29.5. The first-order valence-electron chi connectivity index (χ1n) is 13.3. The second kappa shape index (κ2) is 13.7. The maximum absolute atomic E-state index is 13.1. The SMILES string of the molecule is CCCN(CC(=O)Nc1ccc(N2CCN(C(=O)Nc3ccc(OC)cc3)CC2)cc1)S(=O)(=O)c1ccc(Cl)cc1. The van der Waals surface area contributed by atoms with Crippen molar-refractivity contribution in [3.63, 3.8) is 0 Å². The zero-order valence-electron chi connectivity index (χ0n) is 23.0. The minimum absolute atomic E-state index is 0.0887. The van der Waals surface area contributed by atoms with Crippen molar-refractivity contribution in [2.24, 2.45) is 0 Å². The first kappa shape index (κ1) is 30.2. The molecular weight excluding hydrogens is 566 g/mol. The number of hydrogen-bond donors (Lipinski definition) is 2. The molecule has 41 heavy (non-hydrogen) atoms. The van der Waals surface area contributed by atoms with Gasteiger partial charge in [0.15, 0.2) is 0 Å². The third-order valence-electron chi connectivity index (χ3n) is 6.67. The van der Waals surface area contributed by atoms with Crippen molar-refractivity contribution in [3.05, 3.63) is 77.8 Å². The number of hydrogen-bond acceptors (Lipinski definition) is 6. The van der Waals surface area contributed by atoms with E-state index in [1.54, 1.807) is 48.4 Å². The molecule has 0 bridgehead atoms. The number of carbonyl (C=O) groups excluding carboxylic acids is 2. The van der Waals surface area contributed by atoms with Crippen LogP contribution in [0.1, 0.15) is 13.3 Å². The predicted octanol–water partition coefficient (Wildman–Crippen LogP) is 4.74. The summed E-state index contributed by atoms with van der Waals surface area (Å²) in [7, 11) is -2.26. The maximum atomic E-state index is 13.1. The molecule has 0 unspecified atom stereocenters. The van der Waals surface area contributed by atoms with Crippen LogP contribution in [0.3, 0.4) is 0 Å². The fourth-order valence-electron chi connectivity index (χ4n) is 4.45. The summed E-state index contributed by atoms with van der Waals surface area (Å²) < 4.78 is 32.5. The zero-order valence-corrected chi connectivity index (χ0v) is 24.6. The average Bonchev–Trinajstić information content (AvgIpc) is 2.98. The quantitative estimate of drug-likeness (QED) is 0.348. The summed E-state index contributed by atoms with van der Waals surface area (Å²) in [6, 6.07) is 20.3. The second-order valence-corrected chi connectivity index (χ2v) is 11.9. The largest absolute Gasteiger partial charge is 0.497 e. The van der Waals surface area contributed by atoms with E-state index in [0.29, 0.717) is 49.0 Å². The van der Waals surface area contributed by atoms with E-state index in [2.05, 4.69) is 15.5 Å². The van der Waals surface area contributed by atoms with E-state index in [9.17, 15) is 18.0 Å². The standard InChI is InChI=1S/C29H34ClN5O5S/c1-3-16-35(41(38,39)27-14-4-22(30)5-15-27)21-28(36)31-23-6-10-25(11-7-23)33-17-19-34(20-18-33)29(37)32-24-8-12-26(40-2)13-9-24/h4-15H,3,16-21H2,1-2H3,(H,31,36)(H,32,37). The first-order valence-corrected chi connectivity index (χ1v) is 15.1. The van der Waals surface area contributed by atoms with Crippen LogP contribution in [0.25, 0.3) is 0 Å². The summed E-state index contributed by atoms with van der Waals surface area (Å²) >= 11 is 5.89. The molecule has 3 aromatic carbocycles. The number of amides is 3. The minimum atomic E-state index is -3.85. The van der Waals surface area contributed by atoms with Gasteiger partial charge in [0, 0.05) is 54.8 Å². The molecule has 1 aliphatic heterocycles. The molecule has 3 aromatic rings. The molecule has 0 saturated carbocycles. The lowest BCUT2D eigenvalue weighted by Crippen LogP contribution is -2.50. The molecule has 1 fully saturated rings. The molecule has 0 aromatic heterocycles. The molecule has 0 radical (unpaired) electrons. The summed E-state index contributed by atoms with van der Waals surface area (Å²) in [6.07, 6.45) is 0.561. The predicted molar refractivity (Wildman–Crippen MR) is 161 cm³/mol. The highest BCUT2D eigenvalue weighted by Crippen LogP contribution is 2.22. The number of halogens is 1. The van der Waals surface area contributed by atoms with E-state index in [1.165, 1.54) is 28.6 Å². The van der Waals surface area contributed by atoms with Crippen molar-refractivity contribution in [3.8, 4) is 5.75 Å². The molecule has 10 nitrogen and oxygen atoms in total.